The van der Waals surface area contributed by atoms with Gasteiger partial charge in [-0.2, -0.15) is 0 Å². The number of carbonyl (C=O) groups excluding carboxylic acids is 1. The van der Waals surface area contributed by atoms with Gasteiger partial charge in [0.25, 0.3) is 0 Å². The normalized spacial score (nSPS) is 10.9. The minimum absolute atomic E-state index is 0.0781. The third-order valence-electron chi connectivity index (χ3n) is 3.47. The zero-order valence-corrected chi connectivity index (χ0v) is 14.0. The maximum Gasteiger partial charge on any atom is 0.230 e. The summed E-state index contributed by atoms with van der Waals surface area (Å²) < 4.78 is 2.83. The monoisotopic (exact) mass is 357 g/mol. The van der Waals surface area contributed by atoms with Crippen LogP contribution < -0.4 is 5.32 Å². The van der Waals surface area contributed by atoms with Gasteiger partial charge in [0, 0.05) is 16.9 Å². The molecule has 0 bridgehead atoms. The van der Waals surface area contributed by atoms with Gasteiger partial charge < -0.3 is 9.72 Å². The third-order valence-corrected chi connectivity index (χ3v) is 4.12. The number of aryl methyl sites for hydroxylation is 2. The summed E-state index contributed by atoms with van der Waals surface area (Å²) in [6, 6.07) is 9.82. The van der Waals surface area contributed by atoms with Gasteiger partial charge in [-0.05, 0) is 59.1 Å². The van der Waals surface area contributed by atoms with Crippen molar-refractivity contribution >= 4 is 33.2 Å². The highest BCUT2D eigenvalue weighted by Crippen LogP contribution is 2.23. The average Bonchev–Trinajstić information content (AvgIpc) is 2.86. The van der Waals surface area contributed by atoms with Crippen LogP contribution in [-0.2, 0) is 11.2 Å². The molecule has 0 saturated carbocycles. The van der Waals surface area contributed by atoms with Crippen molar-refractivity contribution in [1.29, 1.82) is 0 Å². The number of amides is 1. The first-order chi connectivity index (χ1) is 10.5. The van der Waals surface area contributed by atoms with Crippen molar-refractivity contribution in [3.05, 3.63) is 64.0 Å². The Balaban J connectivity index is 1.77. The first-order valence-electron chi connectivity index (χ1n) is 7.02. The summed E-state index contributed by atoms with van der Waals surface area (Å²) in [6.07, 6.45) is 4.08. The van der Waals surface area contributed by atoms with Crippen LogP contribution in [0.4, 0.5) is 5.69 Å². The fourth-order valence-electron chi connectivity index (χ4n) is 2.37. The molecule has 0 fully saturated rings. The molecule has 0 spiro atoms. The van der Waals surface area contributed by atoms with Crippen LogP contribution in [0, 0.1) is 13.8 Å². The lowest BCUT2D eigenvalue weighted by atomic mass is 10.2. The maximum absolute atomic E-state index is 12.2. The predicted octanol–water partition coefficient (Wildman–Crippen LogP) is 3.89. The Hall–Kier alpha value is -2.14. The summed E-state index contributed by atoms with van der Waals surface area (Å²) in [4.78, 5) is 16.7. The second kappa shape index (κ2) is 5.93. The zero-order chi connectivity index (χ0) is 15.7. The molecule has 0 unspecified atom stereocenters. The minimum atomic E-state index is -0.0781. The number of halogens is 1. The number of benzene rings is 1. The van der Waals surface area contributed by atoms with Crippen LogP contribution in [0.2, 0.25) is 0 Å². The molecular weight excluding hydrogens is 342 g/mol. The molecule has 2 aromatic heterocycles. The van der Waals surface area contributed by atoms with Gasteiger partial charge in [-0.25, -0.2) is 4.98 Å². The van der Waals surface area contributed by atoms with E-state index < -0.39 is 0 Å². The number of hydrogen-bond acceptors (Lipinski definition) is 2. The molecule has 0 saturated heterocycles. The standard InChI is InChI=1S/C17H16BrN3O/c1-11-5-6-15(14(18)8-11)20-16(22)9-13-10-21-7-3-4-12(2)17(21)19-13/h3-8,10H,9H2,1-2H3,(H,20,22). The number of hydrogen-bond donors (Lipinski definition) is 1. The summed E-state index contributed by atoms with van der Waals surface area (Å²) in [5.41, 5.74) is 4.66. The highest BCUT2D eigenvalue weighted by atomic mass is 79.9. The van der Waals surface area contributed by atoms with Crippen LogP contribution >= 0.6 is 15.9 Å². The van der Waals surface area contributed by atoms with E-state index in [1.54, 1.807) is 0 Å². The van der Waals surface area contributed by atoms with Crippen LogP contribution in [-0.4, -0.2) is 15.3 Å². The van der Waals surface area contributed by atoms with E-state index in [0.29, 0.717) is 0 Å². The summed E-state index contributed by atoms with van der Waals surface area (Å²) in [6.45, 7) is 4.02. The average molecular weight is 358 g/mol. The summed E-state index contributed by atoms with van der Waals surface area (Å²) in [7, 11) is 0. The molecule has 0 aliphatic heterocycles. The Kier molecular flexibility index (Phi) is 3.98. The van der Waals surface area contributed by atoms with E-state index in [-0.39, 0.29) is 12.3 Å². The Morgan fingerprint density at radius 2 is 2.14 bits per heavy atom. The molecule has 4 nitrogen and oxygen atoms in total. The number of rotatable bonds is 3. The van der Waals surface area contributed by atoms with Gasteiger partial charge in [0.15, 0.2) is 0 Å². The molecule has 1 aromatic carbocycles. The molecule has 0 aliphatic carbocycles. The number of anilines is 1. The van der Waals surface area contributed by atoms with Crippen LogP contribution in [0.5, 0.6) is 0 Å². The van der Waals surface area contributed by atoms with Crippen LogP contribution in [0.3, 0.4) is 0 Å². The Bertz CT molecular complexity index is 854. The SMILES string of the molecule is Cc1ccc(NC(=O)Cc2cn3cccc(C)c3n2)c(Br)c1. The molecule has 1 amide bonds. The number of aromatic nitrogens is 2. The van der Waals surface area contributed by atoms with Gasteiger partial charge in [0.2, 0.25) is 5.91 Å². The molecule has 0 aliphatic rings. The smallest absolute Gasteiger partial charge is 0.230 e. The molecule has 0 radical (unpaired) electrons. The molecular formula is C17H16BrN3O. The van der Waals surface area contributed by atoms with Crippen molar-refractivity contribution < 1.29 is 4.79 Å². The van der Waals surface area contributed by atoms with Gasteiger partial charge >= 0.3 is 0 Å². The number of carbonyl (C=O) groups is 1. The highest BCUT2D eigenvalue weighted by molar-refractivity contribution is 9.10. The van der Waals surface area contributed by atoms with Crippen LogP contribution in [0.15, 0.2) is 47.2 Å². The van der Waals surface area contributed by atoms with Crippen molar-refractivity contribution in [3.8, 4) is 0 Å². The van der Waals surface area contributed by atoms with Crippen molar-refractivity contribution in [2.45, 2.75) is 20.3 Å². The van der Waals surface area contributed by atoms with E-state index in [4.69, 9.17) is 0 Å². The van der Waals surface area contributed by atoms with Crippen LogP contribution in [0.1, 0.15) is 16.8 Å². The number of nitrogens with one attached hydrogen (secondary N) is 1. The fourth-order valence-corrected chi connectivity index (χ4v) is 2.96. The van der Waals surface area contributed by atoms with E-state index in [1.807, 2.05) is 61.0 Å². The van der Waals surface area contributed by atoms with Gasteiger partial charge in [0.05, 0.1) is 17.8 Å². The first-order valence-corrected chi connectivity index (χ1v) is 7.81. The van der Waals surface area contributed by atoms with Gasteiger partial charge in [-0.15, -0.1) is 0 Å². The number of imidazole rings is 1. The summed E-state index contributed by atoms with van der Waals surface area (Å²) in [5.74, 6) is -0.0781. The third kappa shape index (κ3) is 3.04. The summed E-state index contributed by atoms with van der Waals surface area (Å²) in [5, 5.41) is 2.91. The first kappa shape index (κ1) is 14.8. The van der Waals surface area contributed by atoms with Crippen molar-refractivity contribution in [3.63, 3.8) is 0 Å². The van der Waals surface area contributed by atoms with E-state index in [2.05, 4.69) is 26.2 Å². The Morgan fingerprint density at radius 1 is 1.32 bits per heavy atom. The van der Waals surface area contributed by atoms with E-state index in [1.165, 1.54) is 0 Å². The highest BCUT2D eigenvalue weighted by Gasteiger charge is 2.10. The lowest BCUT2D eigenvalue weighted by Gasteiger charge is -2.07. The molecule has 3 rings (SSSR count). The second-order valence-corrected chi connectivity index (χ2v) is 6.22. The molecule has 1 N–H and O–H groups in total. The number of pyridine rings is 1. The van der Waals surface area contributed by atoms with E-state index in [0.717, 1.165) is 32.6 Å². The number of nitrogens with zero attached hydrogens (tertiary/aromatic N) is 2. The van der Waals surface area contributed by atoms with E-state index in [9.17, 15) is 4.79 Å². The lowest BCUT2D eigenvalue weighted by Crippen LogP contribution is -2.15. The molecule has 112 valence electrons. The quantitative estimate of drug-likeness (QED) is 0.772. The van der Waals surface area contributed by atoms with Gasteiger partial charge in [0.1, 0.15) is 5.65 Å². The molecule has 2 heterocycles. The zero-order valence-electron chi connectivity index (χ0n) is 12.4. The van der Waals surface area contributed by atoms with Crippen molar-refractivity contribution in [2.75, 3.05) is 5.32 Å². The van der Waals surface area contributed by atoms with Crippen molar-refractivity contribution in [1.82, 2.24) is 9.38 Å². The Labute approximate surface area is 137 Å². The van der Waals surface area contributed by atoms with Crippen molar-refractivity contribution in [2.24, 2.45) is 0 Å². The van der Waals surface area contributed by atoms with Gasteiger partial charge in [-0.1, -0.05) is 12.1 Å². The molecule has 22 heavy (non-hydrogen) atoms. The number of fused-ring (bicyclic) bond motifs is 1. The predicted molar refractivity (Wildman–Crippen MR) is 91.1 cm³/mol. The maximum atomic E-state index is 12.2. The van der Waals surface area contributed by atoms with Gasteiger partial charge in [-0.3, -0.25) is 4.79 Å². The second-order valence-electron chi connectivity index (χ2n) is 5.36. The lowest BCUT2D eigenvalue weighted by molar-refractivity contribution is -0.115. The topological polar surface area (TPSA) is 46.4 Å². The van der Waals surface area contributed by atoms with Crippen LogP contribution in [0.25, 0.3) is 5.65 Å². The summed E-state index contributed by atoms with van der Waals surface area (Å²) >= 11 is 3.46. The largest absolute Gasteiger partial charge is 0.325 e. The molecule has 5 heteroatoms. The fraction of sp³-hybridized carbons (Fsp3) is 0.176. The minimum Gasteiger partial charge on any atom is -0.325 e. The molecule has 0 atom stereocenters. The van der Waals surface area contributed by atoms with E-state index >= 15 is 0 Å². The molecule has 3 aromatic rings. The Morgan fingerprint density at radius 3 is 2.86 bits per heavy atom.